The fourth-order valence-corrected chi connectivity index (χ4v) is 1.67. The number of hydrogen-bond donors (Lipinski definition) is 3. The van der Waals surface area contributed by atoms with E-state index in [0.29, 0.717) is 25.1 Å². The van der Waals surface area contributed by atoms with Gasteiger partial charge in [0.2, 0.25) is 5.54 Å². The lowest BCUT2D eigenvalue weighted by atomic mass is 10.1. The number of carboxylic acids is 2. The summed E-state index contributed by atoms with van der Waals surface area (Å²) in [4.78, 5) is 43.9. The summed E-state index contributed by atoms with van der Waals surface area (Å²) in [6.45, 7) is -1.74. The molecule has 0 bridgehead atoms. The van der Waals surface area contributed by atoms with E-state index in [1.54, 1.807) is 5.32 Å². The first kappa shape index (κ1) is 23.5. The predicted octanol–water partition coefficient (Wildman–Crippen LogP) is 1.83. The minimum atomic E-state index is -6.01. The molecule has 0 saturated carbocycles. The number of nitrogens with zero attached hydrogens (tertiary/aromatic N) is 1. The van der Waals surface area contributed by atoms with Crippen LogP contribution >= 0.6 is 0 Å². The number of hydrogen-bond acceptors (Lipinski definition) is 6. The van der Waals surface area contributed by atoms with Crippen LogP contribution in [0.5, 0.6) is 5.75 Å². The molecule has 1 amide bonds. The molecule has 0 radical (unpaired) electrons. The highest BCUT2D eigenvalue weighted by molar-refractivity contribution is 6.08. The van der Waals surface area contributed by atoms with Gasteiger partial charge in [0.05, 0.1) is 4.92 Å². The van der Waals surface area contributed by atoms with Crippen molar-refractivity contribution in [1.29, 1.82) is 0 Å². The first-order valence-electron chi connectivity index (χ1n) is 7.18. The number of carbonyl (C=O) groups excluding carboxylic acids is 1. The maximum atomic E-state index is 13.0. The molecule has 0 saturated heterocycles. The lowest BCUT2D eigenvalue weighted by Crippen LogP contribution is -2.57. The van der Waals surface area contributed by atoms with Gasteiger partial charge in [-0.1, -0.05) is 0 Å². The summed E-state index contributed by atoms with van der Waals surface area (Å²) in [6, 6.07) is 1.60. The van der Waals surface area contributed by atoms with Crippen LogP contribution in [0.2, 0.25) is 0 Å². The quantitative estimate of drug-likeness (QED) is 0.185. The van der Waals surface area contributed by atoms with Crippen molar-refractivity contribution < 1.29 is 56.2 Å². The number of nitro groups is 1. The number of benzene rings is 1. The second-order valence-electron chi connectivity index (χ2n) is 5.62. The summed E-state index contributed by atoms with van der Waals surface area (Å²) in [5.74, 6) is -11.9. The number of rotatable bonds is 8. The molecule has 15 heteroatoms. The van der Waals surface area contributed by atoms with Crippen molar-refractivity contribution in [2.75, 3.05) is 6.61 Å². The Kier molecular flexibility index (Phi) is 6.36. The fraction of sp³-hybridized carbons (Fsp3) is 0.357. The molecule has 0 heterocycles. The topological polar surface area (TPSA) is 156 Å². The monoisotopic (exact) mass is 431 g/mol. The van der Waals surface area contributed by atoms with E-state index in [2.05, 4.69) is 4.74 Å². The third-order valence-electron chi connectivity index (χ3n) is 3.46. The number of ether oxygens (including phenoxy) is 1. The van der Waals surface area contributed by atoms with E-state index in [-0.39, 0.29) is 0 Å². The summed E-state index contributed by atoms with van der Waals surface area (Å²) in [7, 11) is 0. The molecule has 0 aliphatic rings. The van der Waals surface area contributed by atoms with Crippen molar-refractivity contribution in [3.05, 3.63) is 33.9 Å². The van der Waals surface area contributed by atoms with Crippen molar-refractivity contribution in [2.24, 2.45) is 0 Å². The summed E-state index contributed by atoms with van der Waals surface area (Å²) in [5, 5.41) is 30.3. The Bertz CT molecular complexity index is 841. The maximum absolute atomic E-state index is 13.0. The van der Waals surface area contributed by atoms with Crippen molar-refractivity contribution in [3.63, 3.8) is 0 Å². The molecule has 0 aliphatic heterocycles. The van der Waals surface area contributed by atoms with Crippen molar-refractivity contribution in [2.45, 2.75) is 24.6 Å². The molecule has 1 aromatic carbocycles. The van der Waals surface area contributed by atoms with E-state index in [9.17, 15) is 46.5 Å². The lowest BCUT2D eigenvalue weighted by molar-refractivity contribution is -0.386. The number of carboxylic acid groups (broad SMARTS) is 2. The SMILES string of the molecule is CC([15NH]C(=O)c1ccc([N+](=O)[O-])c(OCC(F)(F)C(F)(F)F)c1)(C(=O)O)C(=O)O. The van der Waals surface area contributed by atoms with Crippen LogP contribution in [0.4, 0.5) is 27.6 Å². The first-order chi connectivity index (χ1) is 13.0. The molecule has 0 unspecified atom stereocenters. The normalized spacial score (nSPS) is 12.2. The number of nitrogens with one attached hydrogen (secondary N) is 1. The summed E-state index contributed by atoms with van der Waals surface area (Å²) >= 11 is 0. The zero-order valence-electron chi connectivity index (χ0n) is 14.1. The van der Waals surface area contributed by atoms with Gasteiger partial charge in [-0.2, -0.15) is 22.0 Å². The molecule has 29 heavy (non-hydrogen) atoms. The van der Waals surface area contributed by atoms with Crippen LogP contribution in [0.1, 0.15) is 17.3 Å². The molecular weight excluding hydrogens is 420 g/mol. The molecule has 0 aromatic heterocycles. The number of halogens is 5. The Morgan fingerprint density at radius 1 is 1.14 bits per heavy atom. The number of aliphatic carboxylic acids is 2. The van der Waals surface area contributed by atoms with E-state index in [4.69, 9.17) is 10.2 Å². The number of carbonyl (C=O) groups is 3. The molecular formula is C14H11F5N2O8. The van der Waals surface area contributed by atoms with E-state index < -0.39 is 64.0 Å². The zero-order chi connectivity index (χ0) is 22.8. The maximum Gasteiger partial charge on any atom is 0.456 e. The van der Waals surface area contributed by atoms with Crippen LogP contribution in [0.25, 0.3) is 0 Å². The fourth-order valence-electron chi connectivity index (χ4n) is 1.67. The Labute approximate surface area is 157 Å². The molecule has 0 aliphatic carbocycles. The molecule has 10 nitrogen and oxygen atoms in total. The first-order valence-corrected chi connectivity index (χ1v) is 7.18. The second-order valence-corrected chi connectivity index (χ2v) is 5.62. The van der Waals surface area contributed by atoms with Gasteiger partial charge in [0.1, 0.15) is 0 Å². The van der Waals surface area contributed by atoms with Gasteiger partial charge in [-0.15, -0.1) is 0 Å². The Hall–Kier alpha value is -3.52. The highest BCUT2D eigenvalue weighted by Crippen LogP contribution is 2.37. The van der Waals surface area contributed by atoms with Gasteiger partial charge in [0, 0.05) is 17.7 Å². The van der Waals surface area contributed by atoms with E-state index >= 15 is 0 Å². The Balaban J connectivity index is 3.25. The number of nitro benzene ring substituents is 1. The minimum absolute atomic E-state index is 0.393. The highest BCUT2D eigenvalue weighted by Gasteiger charge is 2.58. The van der Waals surface area contributed by atoms with Gasteiger partial charge in [-0.3, -0.25) is 14.9 Å². The van der Waals surface area contributed by atoms with E-state index in [1.807, 2.05) is 0 Å². The zero-order valence-corrected chi connectivity index (χ0v) is 14.1. The summed E-state index contributed by atoms with van der Waals surface area (Å²) in [5.41, 5.74) is -4.60. The van der Waals surface area contributed by atoms with Gasteiger partial charge in [0.15, 0.2) is 12.4 Å². The molecule has 0 spiro atoms. The average molecular weight is 431 g/mol. The van der Waals surface area contributed by atoms with Crippen LogP contribution in [0.3, 0.4) is 0 Å². The largest absolute Gasteiger partial charge is 0.480 e. The van der Waals surface area contributed by atoms with Crippen molar-refractivity contribution in [3.8, 4) is 5.75 Å². The van der Waals surface area contributed by atoms with Crippen LogP contribution in [-0.4, -0.2) is 57.2 Å². The predicted molar refractivity (Wildman–Crippen MR) is 80.7 cm³/mol. The van der Waals surface area contributed by atoms with Gasteiger partial charge >= 0.3 is 29.7 Å². The lowest BCUT2D eigenvalue weighted by Gasteiger charge is -2.22. The van der Waals surface area contributed by atoms with Crippen LogP contribution in [-0.2, 0) is 9.59 Å². The van der Waals surface area contributed by atoms with Crippen LogP contribution in [0.15, 0.2) is 18.2 Å². The Morgan fingerprint density at radius 3 is 2.07 bits per heavy atom. The molecule has 0 atom stereocenters. The van der Waals surface area contributed by atoms with E-state index in [0.717, 1.165) is 0 Å². The minimum Gasteiger partial charge on any atom is -0.480 e. The molecule has 160 valence electrons. The van der Waals surface area contributed by atoms with Gasteiger partial charge in [-0.25, -0.2) is 9.59 Å². The molecule has 3 N–H and O–H groups in total. The second kappa shape index (κ2) is 7.84. The third-order valence-corrected chi connectivity index (χ3v) is 3.46. The molecule has 0 fully saturated rings. The smallest absolute Gasteiger partial charge is 0.456 e. The van der Waals surface area contributed by atoms with Crippen molar-refractivity contribution >= 4 is 23.5 Å². The molecule has 1 aromatic rings. The van der Waals surface area contributed by atoms with Gasteiger partial charge in [0.25, 0.3) is 5.91 Å². The van der Waals surface area contributed by atoms with Gasteiger partial charge in [-0.05, 0) is 13.0 Å². The average Bonchev–Trinajstić information content (AvgIpc) is 2.58. The summed E-state index contributed by atoms with van der Waals surface area (Å²) in [6.07, 6.45) is -6.01. The van der Waals surface area contributed by atoms with E-state index in [1.165, 1.54) is 0 Å². The van der Waals surface area contributed by atoms with Crippen LogP contribution < -0.4 is 10.1 Å². The Morgan fingerprint density at radius 2 is 1.66 bits per heavy atom. The summed E-state index contributed by atoms with van der Waals surface area (Å²) < 4.78 is 66.7. The van der Waals surface area contributed by atoms with Crippen molar-refractivity contribution in [1.82, 2.24) is 5.32 Å². The highest BCUT2D eigenvalue weighted by atomic mass is 19.4. The van der Waals surface area contributed by atoms with Gasteiger partial charge < -0.3 is 20.3 Å². The number of amides is 1. The van der Waals surface area contributed by atoms with Crippen LogP contribution in [0, 0.1) is 10.1 Å². The number of alkyl halides is 5. The molecule has 1 rings (SSSR count). The standard InChI is InChI=1S/C14H11F5N2O8/c1-12(10(23)24,11(25)26)20-9(22)6-2-3-7(21(27)28)8(4-6)29-5-13(15,16)14(17,18)19/h2-4H,5H2,1H3,(H,20,22)(H,23,24)(H,25,26)/i20+1. The third kappa shape index (κ3) is 5.05.